The number of benzene rings is 2. The van der Waals surface area contributed by atoms with Crippen LogP contribution in [-0.4, -0.2) is 26.4 Å². The fraction of sp³-hybridized carbons (Fsp3) is 0.294. The van der Waals surface area contributed by atoms with E-state index in [1.165, 1.54) is 5.56 Å². The Bertz CT molecular complexity index is 499. The second kappa shape index (κ2) is 8.23. The average molecular weight is 271 g/mol. The predicted molar refractivity (Wildman–Crippen MR) is 82.4 cm³/mol. The Morgan fingerprint density at radius 2 is 1.60 bits per heavy atom. The van der Waals surface area contributed by atoms with Crippen LogP contribution in [0.15, 0.2) is 54.6 Å². The predicted octanol–water partition coefficient (Wildman–Crippen LogP) is 3.50. The van der Waals surface area contributed by atoms with Gasteiger partial charge in [-0.25, -0.2) is 0 Å². The van der Waals surface area contributed by atoms with Gasteiger partial charge < -0.3 is 14.8 Å². The molecule has 0 aromatic heterocycles. The zero-order chi connectivity index (χ0) is 14.0. The lowest BCUT2D eigenvalue weighted by molar-refractivity contribution is 0.107. The summed E-state index contributed by atoms with van der Waals surface area (Å²) in [4.78, 5) is 0. The molecule has 20 heavy (non-hydrogen) atoms. The van der Waals surface area contributed by atoms with Crippen molar-refractivity contribution in [3.63, 3.8) is 0 Å². The van der Waals surface area contributed by atoms with Crippen molar-refractivity contribution in [2.24, 2.45) is 0 Å². The minimum absolute atomic E-state index is 0.578. The minimum atomic E-state index is 0.578. The van der Waals surface area contributed by atoms with Crippen molar-refractivity contribution in [3.05, 3.63) is 60.2 Å². The van der Waals surface area contributed by atoms with E-state index in [9.17, 15) is 0 Å². The third kappa shape index (κ3) is 4.94. The van der Waals surface area contributed by atoms with E-state index in [1.807, 2.05) is 42.5 Å². The maximum Gasteiger partial charge on any atom is 0.119 e. The molecule has 106 valence electrons. The Balaban J connectivity index is 1.53. The van der Waals surface area contributed by atoms with Crippen LogP contribution in [0.2, 0.25) is 0 Å². The van der Waals surface area contributed by atoms with Crippen LogP contribution in [0.3, 0.4) is 0 Å². The molecule has 0 aliphatic rings. The number of anilines is 1. The van der Waals surface area contributed by atoms with Gasteiger partial charge in [0.15, 0.2) is 0 Å². The molecular weight excluding hydrogens is 250 g/mol. The van der Waals surface area contributed by atoms with Crippen LogP contribution in [0.1, 0.15) is 5.56 Å². The average Bonchev–Trinajstić information content (AvgIpc) is 2.49. The molecule has 0 aliphatic heterocycles. The molecule has 1 N–H and O–H groups in total. The SMILES string of the molecule is Cc1ccccc1NCCOCCOc1ccccc1. The van der Waals surface area contributed by atoms with E-state index in [2.05, 4.69) is 24.4 Å². The van der Waals surface area contributed by atoms with Gasteiger partial charge in [0.2, 0.25) is 0 Å². The van der Waals surface area contributed by atoms with Crippen molar-refractivity contribution in [2.45, 2.75) is 6.92 Å². The fourth-order valence-corrected chi connectivity index (χ4v) is 1.87. The second-order valence-corrected chi connectivity index (χ2v) is 4.52. The molecular formula is C17H21NO2. The molecule has 0 spiro atoms. The summed E-state index contributed by atoms with van der Waals surface area (Å²) in [6, 6.07) is 18.0. The van der Waals surface area contributed by atoms with Gasteiger partial charge in [0.1, 0.15) is 12.4 Å². The summed E-state index contributed by atoms with van der Waals surface area (Å²) >= 11 is 0. The van der Waals surface area contributed by atoms with Gasteiger partial charge in [-0.1, -0.05) is 36.4 Å². The molecule has 3 heteroatoms. The Labute approximate surface area is 120 Å². The number of ether oxygens (including phenoxy) is 2. The fourth-order valence-electron chi connectivity index (χ4n) is 1.87. The van der Waals surface area contributed by atoms with Crippen LogP contribution in [0.25, 0.3) is 0 Å². The molecule has 0 heterocycles. The largest absolute Gasteiger partial charge is 0.491 e. The topological polar surface area (TPSA) is 30.5 Å². The molecule has 0 radical (unpaired) electrons. The Morgan fingerprint density at radius 3 is 2.40 bits per heavy atom. The first-order valence-corrected chi connectivity index (χ1v) is 6.91. The standard InChI is InChI=1S/C17H21NO2/c1-15-7-5-6-10-17(15)18-11-12-19-13-14-20-16-8-3-2-4-9-16/h2-10,18H,11-14H2,1H3. The Kier molecular flexibility index (Phi) is 5.93. The Morgan fingerprint density at radius 1 is 0.850 bits per heavy atom. The van der Waals surface area contributed by atoms with Gasteiger partial charge in [-0.3, -0.25) is 0 Å². The third-order valence-corrected chi connectivity index (χ3v) is 2.95. The van der Waals surface area contributed by atoms with Crippen molar-refractivity contribution in [3.8, 4) is 5.75 Å². The van der Waals surface area contributed by atoms with E-state index in [1.54, 1.807) is 0 Å². The van der Waals surface area contributed by atoms with Gasteiger partial charge in [0.25, 0.3) is 0 Å². The summed E-state index contributed by atoms with van der Waals surface area (Å²) in [6.45, 7) is 4.75. The van der Waals surface area contributed by atoms with E-state index >= 15 is 0 Å². The summed E-state index contributed by atoms with van der Waals surface area (Å²) in [5, 5.41) is 3.36. The third-order valence-electron chi connectivity index (χ3n) is 2.95. The molecule has 2 aromatic carbocycles. The van der Waals surface area contributed by atoms with Crippen molar-refractivity contribution in [1.82, 2.24) is 0 Å². The smallest absolute Gasteiger partial charge is 0.119 e. The molecule has 3 nitrogen and oxygen atoms in total. The molecule has 0 aliphatic carbocycles. The van der Waals surface area contributed by atoms with Gasteiger partial charge in [-0.05, 0) is 30.7 Å². The highest BCUT2D eigenvalue weighted by atomic mass is 16.5. The van der Waals surface area contributed by atoms with Gasteiger partial charge in [0.05, 0.1) is 13.2 Å². The maximum absolute atomic E-state index is 5.54. The highest BCUT2D eigenvalue weighted by molar-refractivity contribution is 5.50. The van der Waals surface area contributed by atoms with E-state index in [0.717, 1.165) is 18.0 Å². The zero-order valence-electron chi connectivity index (χ0n) is 11.8. The summed E-state index contributed by atoms with van der Waals surface area (Å²) in [7, 11) is 0. The van der Waals surface area contributed by atoms with Gasteiger partial charge in [-0.2, -0.15) is 0 Å². The highest BCUT2D eigenvalue weighted by Gasteiger charge is 1.96. The summed E-state index contributed by atoms with van der Waals surface area (Å²) in [5.74, 6) is 0.883. The molecule has 0 saturated carbocycles. The molecule has 0 atom stereocenters. The molecule has 0 saturated heterocycles. The molecule has 2 rings (SSSR count). The lowest BCUT2D eigenvalue weighted by Crippen LogP contribution is -2.13. The first-order valence-electron chi connectivity index (χ1n) is 6.91. The number of hydrogen-bond acceptors (Lipinski definition) is 3. The molecule has 0 fully saturated rings. The van der Waals surface area contributed by atoms with E-state index in [-0.39, 0.29) is 0 Å². The van der Waals surface area contributed by atoms with Crippen molar-refractivity contribution >= 4 is 5.69 Å². The first kappa shape index (κ1) is 14.4. The minimum Gasteiger partial charge on any atom is -0.491 e. The lowest BCUT2D eigenvalue weighted by Gasteiger charge is -2.10. The molecule has 0 bridgehead atoms. The first-order chi connectivity index (χ1) is 9.86. The number of hydrogen-bond donors (Lipinski definition) is 1. The van der Waals surface area contributed by atoms with Gasteiger partial charge in [-0.15, -0.1) is 0 Å². The zero-order valence-corrected chi connectivity index (χ0v) is 11.8. The summed E-state index contributed by atoms with van der Waals surface area (Å²) < 4.78 is 11.1. The summed E-state index contributed by atoms with van der Waals surface area (Å²) in [5.41, 5.74) is 2.41. The van der Waals surface area contributed by atoms with Gasteiger partial charge in [0, 0.05) is 12.2 Å². The number of rotatable bonds is 8. The Hall–Kier alpha value is -2.00. The van der Waals surface area contributed by atoms with Crippen molar-refractivity contribution < 1.29 is 9.47 Å². The van der Waals surface area contributed by atoms with E-state index in [0.29, 0.717) is 19.8 Å². The van der Waals surface area contributed by atoms with Crippen molar-refractivity contribution in [2.75, 3.05) is 31.7 Å². The number of para-hydroxylation sites is 2. The molecule has 0 unspecified atom stereocenters. The molecule has 0 amide bonds. The monoisotopic (exact) mass is 271 g/mol. The summed E-state index contributed by atoms with van der Waals surface area (Å²) in [6.07, 6.45) is 0. The maximum atomic E-state index is 5.54. The van der Waals surface area contributed by atoms with Crippen LogP contribution >= 0.6 is 0 Å². The second-order valence-electron chi connectivity index (χ2n) is 4.52. The number of aryl methyl sites for hydroxylation is 1. The van der Waals surface area contributed by atoms with Crippen LogP contribution in [-0.2, 0) is 4.74 Å². The van der Waals surface area contributed by atoms with E-state index < -0.39 is 0 Å². The van der Waals surface area contributed by atoms with Crippen molar-refractivity contribution in [1.29, 1.82) is 0 Å². The lowest BCUT2D eigenvalue weighted by atomic mass is 10.2. The highest BCUT2D eigenvalue weighted by Crippen LogP contribution is 2.12. The van der Waals surface area contributed by atoms with Crippen LogP contribution in [0, 0.1) is 6.92 Å². The molecule has 2 aromatic rings. The quantitative estimate of drug-likeness (QED) is 0.745. The number of nitrogens with one attached hydrogen (secondary N) is 1. The van der Waals surface area contributed by atoms with E-state index in [4.69, 9.17) is 9.47 Å². The van der Waals surface area contributed by atoms with Crippen LogP contribution in [0.5, 0.6) is 5.75 Å². The van der Waals surface area contributed by atoms with Crippen LogP contribution < -0.4 is 10.1 Å². The van der Waals surface area contributed by atoms with Gasteiger partial charge >= 0.3 is 0 Å². The van der Waals surface area contributed by atoms with Crippen LogP contribution in [0.4, 0.5) is 5.69 Å². The normalized spacial score (nSPS) is 10.2.